The number of hydrogen-bond donors (Lipinski definition) is 1. The molecular weight excluding hydrogens is 238 g/mol. The molecule has 0 atom stereocenters. The lowest BCUT2D eigenvalue weighted by molar-refractivity contribution is -0.138. The number of hydroxylamine groups is 2. The van der Waals surface area contributed by atoms with E-state index in [4.69, 9.17) is 9.94 Å². The van der Waals surface area contributed by atoms with Crippen LogP contribution in [-0.2, 0) is 9.63 Å². The van der Waals surface area contributed by atoms with Gasteiger partial charge in [-0.3, -0.25) is 19.2 Å². The van der Waals surface area contributed by atoms with Crippen LogP contribution in [0, 0.1) is 0 Å². The highest BCUT2D eigenvalue weighted by atomic mass is 16.7. The van der Waals surface area contributed by atoms with Crippen LogP contribution in [0.4, 0.5) is 0 Å². The van der Waals surface area contributed by atoms with E-state index in [1.807, 2.05) is 0 Å². The Bertz CT molecular complexity index is 476. The molecule has 1 aromatic rings. The number of fused-ring (bicyclic) bond motifs is 1. The molecule has 94 valence electrons. The Hall–Kier alpha value is -2.21. The molecule has 1 N–H and O–H groups in total. The van der Waals surface area contributed by atoms with Crippen molar-refractivity contribution in [3.8, 4) is 0 Å². The lowest BCUT2D eigenvalue weighted by atomic mass is 10.1. The summed E-state index contributed by atoms with van der Waals surface area (Å²) in [6.07, 6.45) is 0.173. The monoisotopic (exact) mass is 249 g/mol. The van der Waals surface area contributed by atoms with Crippen LogP contribution < -0.4 is 0 Å². The van der Waals surface area contributed by atoms with Crippen molar-refractivity contribution in [2.24, 2.45) is 0 Å². The van der Waals surface area contributed by atoms with Crippen LogP contribution >= 0.6 is 0 Å². The van der Waals surface area contributed by atoms with E-state index in [9.17, 15) is 14.4 Å². The molecule has 2 amide bonds. The van der Waals surface area contributed by atoms with Gasteiger partial charge < -0.3 is 5.11 Å². The van der Waals surface area contributed by atoms with Gasteiger partial charge in [0, 0.05) is 6.42 Å². The van der Waals surface area contributed by atoms with Crippen molar-refractivity contribution in [1.82, 2.24) is 5.06 Å². The number of aliphatic carboxylic acids is 1. The third-order valence-corrected chi connectivity index (χ3v) is 2.51. The maximum atomic E-state index is 11.8. The standard InChI is InChI=1S/C12H11NO5/c14-10(15)6-3-7-18-13-11(16)8-4-1-2-5-9(8)12(13)17/h1-2,4-5H,3,6-7H2,(H,14,15). The third kappa shape index (κ3) is 2.23. The van der Waals surface area contributed by atoms with Gasteiger partial charge in [0.1, 0.15) is 0 Å². The van der Waals surface area contributed by atoms with Gasteiger partial charge in [0.15, 0.2) is 0 Å². The second-order valence-corrected chi connectivity index (χ2v) is 3.78. The number of carbonyl (C=O) groups excluding carboxylic acids is 2. The Morgan fingerprint density at radius 1 is 1.17 bits per heavy atom. The second kappa shape index (κ2) is 4.97. The Balaban J connectivity index is 1.99. The predicted octanol–water partition coefficient (Wildman–Crippen LogP) is 1.08. The zero-order chi connectivity index (χ0) is 13.1. The lowest BCUT2D eigenvalue weighted by Crippen LogP contribution is -2.30. The zero-order valence-electron chi connectivity index (χ0n) is 9.46. The van der Waals surface area contributed by atoms with Gasteiger partial charge in [-0.05, 0) is 18.6 Å². The van der Waals surface area contributed by atoms with Gasteiger partial charge in [-0.1, -0.05) is 12.1 Å². The third-order valence-electron chi connectivity index (χ3n) is 2.51. The summed E-state index contributed by atoms with van der Waals surface area (Å²) >= 11 is 0. The molecular formula is C12H11NO5. The molecule has 2 rings (SSSR count). The van der Waals surface area contributed by atoms with Gasteiger partial charge in [-0.25, -0.2) is 0 Å². The SMILES string of the molecule is O=C(O)CCCON1C(=O)c2ccccc2C1=O. The summed E-state index contributed by atoms with van der Waals surface area (Å²) in [7, 11) is 0. The summed E-state index contributed by atoms with van der Waals surface area (Å²) in [5.74, 6) is -1.96. The quantitative estimate of drug-likeness (QED) is 0.623. The van der Waals surface area contributed by atoms with Crippen LogP contribution in [-0.4, -0.2) is 34.6 Å². The highest BCUT2D eigenvalue weighted by Crippen LogP contribution is 2.22. The number of benzene rings is 1. The van der Waals surface area contributed by atoms with E-state index in [1.165, 1.54) is 0 Å². The highest BCUT2D eigenvalue weighted by molar-refractivity contribution is 6.20. The van der Waals surface area contributed by atoms with E-state index in [-0.39, 0.29) is 19.4 Å². The summed E-state index contributed by atoms with van der Waals surface area (Å²) in [6.45, 7) is 0.0117. The summed E-state index contributed by atoms with van der Waals surface area (Å²) < 4.78 is 0. The molecule has 0 radical (unpaired) electrons. The van der Waals surface area contributed by atoms with Crippen LogP contribution in [0.1, 0.15) is 33.6 Å². The van der Waals surface area contributed by atoms with Crippen LogP contribution in [0.3, 0.4) is 0 Å². The number of amides is 2. The van der Waals surface area contributed by atoms with Crippen molar-refractivity contribution in [3.63, 3.8) is 0 Å². The van der Waals surface area contributed by atoms with E-state index >= 15 is 0 Å². The minimum Gasteiger partial charge on any atom is -0.481 e. The predicted molar refractivity (Wildman–Crippen MR) is 59.8 cm³/mol. The minimum atomic E-state index is -0.944. The number of rotatable bonds is 5. The number of nitrogens with zero attached hydrogens (tertiary/aromatic N) is 1. The number of hydrogen-bond acceptors (Lipinski definition) is 4. The molecule has 1 aliphatic rings. The smallest absolute Gasteiger partial charge is 0.303 e. The fraction of sp³-hybridized carbons (Fsp3) is 0.250. The van der Waals surface area contributed by atoms with Crippen molar-refractivity contribution in [2.75, 3.05) is 6.61 Å². The first kappa shape index (κ1) is 12.3. The minimum absolute atomic E-state index is 0.0117. The average molecular weight is 249 g/mol. The maximum Gasteiger partial charge on any atom is 0.303 e. The molecule has 1 aliphatic heterocycles. The first-order chi connectivity index (χ1) is 8.61. The number of carboxylic acids is 1. The second-order valence-electron chi connectivity index (χ2n) is 3.78. The lowest BCUT2D eigenvalue weighted by Gasteiger charge is -2.12. The Kier molecular flexibility index (Phi) is 3.38. The molecule has 6 heteroatoms. The molecule has 0 aromatic heterocycles. The Labute approximate surface area is 103 Å². The van der Waals surface area contributed by atoms with Crippen molar-refractivity contribution in [2.45, 2.75) is 12.8 Å². The first-order valence-corrected chi connectivity index (χ1v) is 5.44. The van der Waals surface area contributed by atoms with Crippen molar-refractivity contribution in [1.29, 1.82) is 0 Å². The van der Waals surface area contributed by atoms with E-state index in [1.54, 1.807) is 24.3 Å². The molecule has 0 saturated heterocycles. The molecule has 1 heterocycles. The van der Waals surface area contributed by atoms with E-state index in [0.717, 1.165) is 0 Å². The number of carbonyl (C=O) groups is 3. The van der Waals surface area contributed by atoms with Crippen LogP contribution in [0.5, 0.6) is 0 Å². The average Bonchev–Trinajstić information content (AvgIpc) is 2.59. The first-order valence-electron chi connectivity index (χ1n) is 5.44. The fourth-order valence-corrected chi connectivity index (χ4v) is 1.66. The Morgan fingerprint density at radius 3 is 2.22 bits per heavy atom. The van der Waals surface area contributed by atoms with Crippen LogP contribution in [0.25, 0.3) is 0 Å². The van der Waals surface area contributed by atoms with Crippen LogP contribution in [0.15, 0.2) is 24.3 Å². The summed E-state index contributed by atoms with van der Waals surface area (Å²) in [6, 6.07) is 6.43. The van der Waals surface area contributed by atoms with Gasteiger partial charge >= 0.3 is 5.97 Å². The Morgan fingerprint density at radius 2 is 1.72 bits per heavy atom. The molecule has 6 nitrogen and oxygen atoms in total. The van der Waals surface area contributed by atoms with Crippen molar-refractivity contribution < 1.29 is 24.3 Å². The van der Waals surface area contributed by atoms with Crippen molar-refractivity contribution >= 4 is 17.8 Å². The molecule has 1 aromatic carbocycles. The zero-order valence-corrected chi connectivity index (χ0v) is 9.46. The molecule has 0 fully saturated rings. The van der Waals surface area contributed by atoms with E-state index in [0.29, 0.717) is 16.2 Å². The molecule has 0 unspecified atom stereocenters. The summed E-state index contributed by atoms with van der Waals surface area (Å²) in [4.78, 5) is 38.9. The molecule has 0 bridgehead atoms. The van der Waals surface area contributed by atoms with Crippen LogP contribution in [0.2, 0.25) is 0 Å². The van der Waals surface area contributed by atoms with Crippen molar-refractivity contribution in [3.05, 3.63) is 35.4 Å². The molecule has 0 saturated carbocycles. The molecule has 18 heavy (non-hydrogen) atoms. The largest absolute Gasteiger partial charge is 0.481 e. The fourth-order valence-electron chi connectivity index (χ4n) is 1.66. The van der Waals surface area contributed by atoms with E-state index in [2.05, 4.69) is 0 Å². The van der Waals surface area contributed by atoms with Gasteiger partial charge in [-0.15, -0.1) is 5.06 Å². The molecule has 0 aliphatic carbocycles. The van der Waals surface area contributed by atoms with Gasteiger partial charge in [-0.2, -0.15) is 0 Å². The summed E-state index contributed by atoms with van der Waals surface area (Å²) in [5.41, 5.74) is 0.612. The van der Waals surface area contributed by atoms with Gasteiger partial charge in [0.25, 0.3) is 11.8 Å². The van der Waals surface area contributed by atoms with Gasteiger partial charge in [0.2, 0.25) is 0 Å². The topological polar surface area (TPSA) is 83.9 Å². The normalized spacial score (nSPS) is 13.9. The maximum absolute atomic E-state index is 11.8. The van der Waals surface area contributed by atoms with E-state index < -0.39 is 17.8 Å². The summed E-state index contributed by atoms with van der Waals surface area (Å²) in [5, 5.41) is 9.14. The number of imide groups is 1. The number of carboxylic acid groups (broad SMARTS) is 1. The highest BCUT2D eigenvalue weighted by Gasteiger charge is 2.36. The van der Waals surface area contributed by atoms with Gasteiger partial charge in [0.05, 0.1) is 17.7 Å². The molecule has 0 spiro atoms.